The van der Waals surface area contributed by atoms with Gasteiger partial charge in [-0.1, -0.05) is 122 Å². The monoisotopic (exact) mass is 711 g/mol. The number of hydrogen-bond acceptors (Lipinski definition) is 11. The maximum absolute atomic E-state index is 12.8. The number of unbranched alkanes of at least 4 members (excludes halogenated alkanes) is 15. The van der Waals surface area contributed by atoms with Crippen molar-refractivity contribution in [1.29, 1.82) is 0 Å². The second-order valence-electron chi connectivity index (χ2n) is 13.3. The Labute approximate surface area is 287 Å². The van der Waals surface area contributed by atoms with Crippen LogP contribution in [-0.2, 0) is 18.4 Å². The van der Waals surface area contributed by atoms with E-state index in [9.17, 15) is 50.0 Å². The summed E-state index contributed by atoms with van der Waals surface area (Å²) in [4.78, 5) is 23.1. The molecule has 14 heteroatoms. The standard InChI is InChI=1S/C34H66NO12P/c1-3-5-7-9-11-13-15-17-19-21-25(36)23-28(38)35-26(27(37)22-20-18-16-14-12-10-8-6-4-2)24-46-48(44,45)47-34-32(42)30(40)29(39)31(41)33(34)43/h20,22,25-27,29-34,36-37,39-43H,3-19,21,23-24H2,1-2H3,(H,35,38)(H,44,45)/b22-20+. The molecule has 1 fully saturated rings. The van der Waals surface area contributed by atoms with E-state index in [4.69, 9.17) is 9.05 Å². The lowest BCUT2D eigenvalue weighted by molar-refractivity contribution is -0.220. The van der Waals surface area contributed by atoms with Crippen molar-refractivity contribution in [2.75, 3.05) is 6.61 Å². The molecule has 0 radical (unpaired) electrons. The Morgan fingerprint density at radius 1 is 0.729 bits per heavy atom. The molecule has 0 heterocycles. The van der Waals surface area contributed by atoms with Gasteiger partial charge in [-0.05, 0) is 19.3 Å². The van der Waals surface area contributed by atoms with Crippen LogP contribution in [0.1, 0.15) is 136 Å². The third-order valence-electron chi connectivity index (χ3n) is 8.87. The molecule has 8 unspecified atom stereocenters. The summed E-state index contributed by atoms with van der Waals surface area (Å²) >= 11 is 0. The highest BCUT2D eigenvalue weighted by molar-refractivity contribution is 7.47. The molecular formula is C34H66NO12P. The van der Waals surface area contributed by atoms with Crippen LogP contribution >= 0.6 is 7.82 Å². The van der Waals surface area contributed by atoms with Crippen molar-refractivity contribution in [3.63, 3.8) is 0 Å². The number of phosphoric ester groups is 1. The summed E-state index contributed by atoms with van der Waals surface area (Å²) in [5, 5.41) is 73.7. The first-order valence-corrected chi connectivity index (χ1v) is 19.7. The molecule has 0 saturated heterocycles. The Balaban J connectivity index is 2.71. The van der Waals surface area contributed by atoms with Crippen molar-refractivity contribution in [1.82, 2.24) is 5.32 Å². The van der Waals surface area contributed by atoms with Gasteiger partial charge in [0.1, 0.15) is 36.6 Å². The van der Waals surface area contributed by atoms with Gasteiger partial charge in [0.2, 0.25) is 5.91 Å². The molecule has 1 saturated carbocycles. The van der Waals surface area contributed by atoms with E-state index in [2.05, 4.69) is 19.2 Å². The molecule has 1 aliphatic rings. The lowest BCUT2D eigenvalue weighted by Gasteiger charge is -2.41. The molecule has 284 valence electrons. The third-order valence-corrected chi connectivity index (χ3v) is 9.86. The van der Waals surface area contributed by atoms with Crippen LogP contribution in [0.4, 0.5) is 0 Å². The maximum Gasteiger partial charge on any atom is 0.472 e. The fourth-order valence-electron chi connectivity index (χ4n) is 5.77. The number of hydrogen-bond donors (Lipinski definition) is 9. The Hall–Kier alpha value is -0.960. The molecule has 0 aliphatic heterocycles. The van der Waals surface area contributed by atoms with Gasteiger partial charge in [-0.15, -0.1) is 0 Å². The molecule has 13 nitrogen and oxygen atoms in total. The first kappa shape index (κ1) is 45.1. The molecule has 0 aromatic heterocycles. The van der Waals surface area contributed by atoms with Gasteiger partial charge in [-0.3, -0.25) is 13.8 Å². The molecule has 1 aliphatic carbocycles. The Morgan fingerprint density at radius 3 is 1.71 bits per heavy atom. The van der Waals surface area contributed by atoms with E-state index in [0.717, 1.165) is 44.9 Å². The Morgan fingerprint density at radius 2 is 1.19 bits per heavy atom. The second-order valence-corrected chi connectivity index (χ2v) is 14.7. The van der Waals surface area contributed by atoms with Crippen LogP contribution < -0.4 is 5.32 Å². The second kappa shape index (κ2) is 25.9. The van der Waals surface area contributed by atoms with Crippen molar-refractivity contribution in [3.05, 3.63) is 12.2 Å². The largest absolute Gasteiger partial charge is 0.472 e. The number of carbonyl (C=O) groups excluding carboxylic acids is 1. The molecule has 0 spiro atoms. The van der Waals surface area contributed by atoms with Crippen LogP contribution in [0.3, 0.4) is 0 Å². The predicted octanol–water partition coefficient (Wildman–Crippen LogP) is 3.52. The normalized spacial score (nSPS) is 26.3. The fraction of sp³-hybridized carbons (Fsp3) is 0.912. The van der Waals surface area contributed by atoms with Gasteiger partial charge in [0, 0.05) is 0 Å². The summed E-state index contributed by atoms with van der Waals surface area (Å²) in [7, 11) is -5.12. The van der Waals surface area contributed by atoms with Gasteiger partial charge < -0.3 is 46.0 Å². The highest BCUT2D eigenvalue weighted by Crippen LogP contribution is 2.47. The Kier molecular flexibility index (Phi) is 24.3. The maximum atomic E-state index is 12.8. The van der Waals surface area contributed by atoms with Crippen LogP contribution in [0, 0.1) is 0 Å². The molecule has 1 rings (SSSR count). The van der Waals surface area contributed by atoms with Crippen LogP contribution in [0.25, 0.3) is 0 Å². The van der Waals surface area contributed by atoms with Gasteiger partial charge >= 0.3 is 7.82 Å². The zero-order valence-corrected chi connectivity index (χ0v) is 30.0. The summed E-state index contributed by atoms with van der Waals surface area (Å²) < 4.78 is 22.6. The van der Waals surface area contributed by atoms with Gasteiger partial charge in [-0.25, -0.2) is 4.57 Å². The van der Waals surface area contributed by atoms with Crippen LogP contribution in [0.2, 0.25) is 0 Å². The van der Waals surface area contributed by atoms with E-state index in [1.165, 1.54) is 63.9 Å². The summed E-state index contributed by atoms with van der Waals surface area (Å²) in [6, 6.07) is -1.23. The quantitative estimate of drug-likeness (QED) is 0.0323. The SMILES string of the molecule is CCCCCCCCC/C=C/C(O)C(COP(=O)(O)OC1C(O)C(O)C(O)C(O)C1O)NC(=O)CC(O)CCCCCCCCCCC. The fourth-order valence-corrected chi connectivity index (χ4v) is 6.73. The van der Waals surface area contributed by atoms with E-state index < -0.39 is 75.2 Å². The number of allylic oxidation sites excluding steroid dienone is 1. The van der Waals surface area contributed by atoms with Gasteiger partial charge in [-0.2, -0.15) is 0 Å². The number of amides is 1. The number of phosphoric acid groups is 1. The van der Waals surface area contributed by atoms with Crippen molar-refractivity contribution < 1.29 is 59.0 Å². The predicted molar refractivity (Wildman–Crippen MR) is 183 cm³/mol. The minimum atomic E-state index is -5.12. The average molecular weight is 712 g/mol. The van der Waals surface area contributed by atoms with Crippen LogP contribution in [-0.4, -0.2) is 108 Å². The van der Waals surface area contributed by atoms with Gasteiger partial charge in [0.25, 0.3) is 0 Å². The molecule has 0 bridgehead atoms. The van der Waals surface area contributed by atoms with E-state index >= 15 is 0 Å². The molecule has 1 amide bonds. The summed E-state index contributed by atoms with van der Waals surface area (Å²) in [6.07, 6.45) is 7.84. The molecule has 9 N–H and O–H groups in total. The zero-order valence-electron chi connectivity index (χ0n) is 29.2. The highest BCUT2D eigenvalue weighted by Gasteiger charge is 2.51. The zero-order chi connectivity index (χ0) is 36.0. The highest BCUT2D eigenvalue weighted by atomic mass is 31.2. The minimum Gasteiger partial charge on any atom is -0.393 e. The van der Waals surface area contributed by atoms with Crippen molar-refractivity contribution in [2.45, 2.75) is 191 Å². The lowest BCUT2D eigenvalue weighted by atomic mass is 9.85. The van der Waals surface area contributed by atoms with Gasteiger partial charge in [0.15, 0.2) is 0 Å². The Bertz CT molecular complexity index is 895. The van der Waals surface area contributed by atoms with E-state index in [1.807, 2.05) is 0 Å². The summed E-state index contributed by atoms with van der Waals surface area (Å²) in [5.74, 6) is -0.599. The lowest BCUT2D eigenvalue weighted by Crippen LogP contribution is -2.64. The molecule has 8 atom stereocenters. The van der Waals surface area contributed by atoms with Crippen molar-refractivity contribution in [2.24, 2.45) is 0 Å². The van der Waals surface area contributed by atoms with Crippen LogP contribution in [0.5, 0.6) is 0 Å². The van der Waals surface area contributed by atoms with Crippen molar-refractivity contribution >= 4 is 13.7 Å². The number of carbonyl (C=O) groups is 1. The number of aliphatic hydroxyl groups is 7. The van der Waals surface area contributed by atoms with Crippen LogP contribution in [0.15, 0.2) is 12.2 Å². The molecule has 0 aromatic carbocycles. The third kappa shape index (κ3) is 18.9. The minimum absolute atomic E-state index is 0.242. The first-order valence-electron chi connectivity index (χ1n) is 18.2. The molecule has 0 aromatic rings. The molecule has 48 heavy (non-hydrogen) atoms. The molecular weight excluding hydrogens is 645 g/mol. The number of rotatable bonds is 28. The average Bonchev–Trinajstić information content (AvgIpc) is 3.05. The van der Waals surface area contributed by atoms with Gasteiger partial charge in [0.05, 0.1) is 31.3 Å². The summed E-state index contributed by atoms with van der Waals surface area (Å²) in [6.45, 7) is 3.62. The van der Waals surface area contributed by atoms with E-state index in [1.54, 1.807) is 6.08 Å². The summed E-state index contributed by atoms with van der Waals surface area (Å²) in [5.41, 5.74) is 0. The van der Waals surface area contributed by atoms with E-state index in [-0.39, 0.29) is 6.42 Å². The van der Waals surface area contributed by atoms with Crippen molar-refractivity contribution in [3.8, 4) is 0 Å². The topological polar surface area (TPSA) is 226 Å². The number of aliphatic hydroxyl groups excluding tert-OH is 7. The van der Waals surface area contributed by atoms with E-state index in [0.29, 0.717) is 12.8 Å². The smallest absolute Gasteiger partial charge is 0.393 e. The number of nitrogens with one attached hydrogen (secondary N) is 1. The first-order chi connectivity index (χ1) is 22.8.